The highest BCUT2D eigenvalue weighted by Gasteiger charge is 2.29. The molecule has 0 spiro atoms. The van der Waals surface area contributed by atoms with Gasteiger partial charge in [0.25, 0.3) is 0 Å². The van der Waals surface area contributed by atoms with Crippen LogP contribution in [0.2, 0.25) is 0 Å². The maximum atomic E-state index is 12.1. The second-order valence-electron chi connectivity index (χ2n) is 4.41. The number of nitrogens with one attached hydrogen (secondary N) is 1. The van der Waals surface area contributed by atoms with Gasteiger partial charge in [0.05, 0.1) is 13.1 Å². The fraction of sp³-hybridized carbons (Fsp3) is 0.417. The molecule has 3 N–H and O–H groups in total. The molecule has 1 amide bonds. The smallest absolute Gasteiger partial charge is 0.399 e. The summed E-state index contributed by atoms with van der Waals surface area (Å²) >= 11 is 0. The zero-order valence-corrected chi connectivity index (χ0v) is 10.7. The highest BCUT2D eigenvalue weighted by Crippen LogP contribution is 2.18. The minimum Gasteiger partial charge on any atom is -0.399 e. The quantitative estimate of drug-likeness (QED) is 0.826. The molecular formula is C12H16F3N3O. The zero-order valence-electron chi connectivity index (χ0n) is 10.7. The van der Waals surface area contributed by atoms with Gasteiger partial charge < -0.3 is 11.1 Å². The van der Waals surface area contributed by atoms with Crippen LogP contribution in [-0.4, -0.2) is 37.1 Å². The van der Waals surface area contributed by atoms with E-state index in [4.69, 9.17) is 5.73 Å². The van der Waals surface area contributed by atoms with Crippen LogP contribution in [0.1, 0.15) is 5.56 Å². The molecule has 1 aromatic carbocycles. The molecule has 0 aliphatic carbocycles. The Balaban J connectivity index is 2.58. The van der Waals surface area contributed by atoms with Crippen molar-refractivity contribution in [2.75, 3.05) is 31.2 Å². The predicted molar refractivity (Wildman–Crippen MR) is 67.8 cm³/mol. The number of hydrogen-bond donors (Lipinski definition) is 2. The van der Waals surface area contributed by atoms with E-state index in [2.05, 4.69) is 5.32 Å². The monoisotopic (exact) mass is 275 g/mol. The number of aryl methyl sites for hydroxylation is 1. The molecule has 7 heteroatoms. The normalized spacial score (nSPS) is 11.7. The molecule has 0 bridgehead atoms. The molecule has 19 heavy (non-hydrogen) atoms. The van der Waals surface area contributed by atoms with Crippen molar-refractivity contribution in [2.45, 2.75) is 13.1 Å². The van der Waals surface area contributed by atoms with Crippen molar-refractivity contribution in [3.63, 3.8) is 0 Å². The number of nitrogen functional groups attached to an aromatic ring is 1. The number of anilines is 2. The average Bonchev–Trinajstić information content (AvgIpc) is 2.20. The van der Waals surface area contributed by atoms with Crippen molar-refractivity contribution in [1.82, 2.24) is 4.90 Å². The van der Waals surface area contributed by atoms with Crippen molar-refractivity contribution in [1.29, 1.82) is 0 Å². The first-order valence-corrected chi connectivity index (χ1v) is 5.58. The van der Waals surface area contributed by atoms with Gasteiger partial charge >= 0.3 is 6.18 Å². The Kier molecular flexibility index (Phi) is 4.77. The molecule has 0 aliphatic rings. The van der Waals surface area contributed by atoms with Gasteiger partial charge in [0.1, 0.15) is 0 Å². The van der Waals surface area contributed by atoms with E-state index in [1.807, 2.05) is 0 Å². The van der Waals surface area contributed by atoms with Crippen molar-refractivity contribution in [2.24, 2.45) is 0 Å². The molecule has 1 rings (SSSR count). The van der Waals surface area contributed by atoms with Crippen molar-refractivity contribution in [3.8, 4) is 0 Å². The lowest BCUT2D eigenvalue weighted by atomic mass is 10.2. The molecule has 0 aromatic heterocycles. The standard InChI is InChI=1S/C12H16F3N3O/c1-8-3-4-9(16)5-10(8)17-11(19)6-18(2)7-12(13,14)15/h3-5H,6-7,16H2,1-2H3,(H,17,19). The molecule has 1 aromatic rings. The first kappa shape index (κ1) is 15.3. The summed E-state index contributed by atoms with van der Waals surface area (Å²) in [6, 6.07) is 4.97. The number of benzene rings is 1. The van der Waals surface area contributed by atoms with E-state index in [0.29, 0.717) is 11.4 Å². The van der Waals surface area contributed by atoms with Crippen LogP contribution in [0.4, 0.5) is 24.5 Å². The molecule has 0 unspecified atom stereocenters. The van der Waals surface area contributed by atoms with Crippen molar-refractivity contribution >= 4 is 17.3 Å². The number of halogens is 3. The first-order chi connectivity index (χ1) is 8.67. The van der Waals surface area contributed by atoms with Crippen LogP contribution in [-0.2, 0) is 4.79 Å². The molecule has 0 heterocycles. The van der Waals surface area contributed by atoms with Gasteiger partial charge in [-0.2, -0.15) is 13.2 Å². The van der Waals surface area contributed by atoms with Gasteiger partial charge in [-0.05, 0) is 31.7 Å². The molecular weight excluding hydrogens is 259 g/mol. The number of hydrogen-bond acceptors (Lipinski definition) is 3. The van der Waals surface area contributed by atoms with Gasteiger partial charge in [0, 0.05) is 11.4 Å². The van der Waals surface area contributed by atoms with Gasteiger partial charge in [-0.3, -0.25) is 9.69 Å². The van der Waals surface area contributed by atoms with E-state index in [9.17, 15) is 18.0 Å². The number of carbonyl (C=O) groups excluding carboxylic acids is 1. The first-order valence-electron chi connectivity index (χ1n) is 5.58. The molecule has 0 saturated heterocycles. The number of carbonyl (C=O) groups is 1. The summed E-state index contributed by atoms with van der Waals surface area (Å²) in [5, 5.41) is 2.54. The summed E-state index contributed by atoms with van der Waals surface area (Å²) in [7, 11) is 1.24. The lowest BCUT2D eigenvalue weighted by Gasteiger charge is -2.18. The van der Waals surface area contributed by atoms with Crippen LogP contribution in [0, 0.1) is 6.92 Å². The van der Waals surface area contributed by atoms with E-state index < -0.39 is 18.6 Å². The molecule has 0 saturated carbocycles. The molecule has 0 aliphatic heterocycles. The van der Waals surface area contributed by atoms with Crippen LogP contribution in [0.25, 0.3) is 0 Å². The lowest BCUT2D eigenvalue weighted by Crippen LogP contribution is -2.36. The Morgan fingerprint density at radius 3 is 2.63 bits per heavy atom. The Hall–Kier alpha value is -1.76. The predicted octanol–water partition coefficient (Wildman–Crippen LogP) is 2.01. The zero-order chi connectivity index (χ0) is 14.6. The summed E-state index contributed by atoms with van der Waals surface area (Å²) in [6.07, 6.45) is -4.32. The Labute approximate surface area is 109 Å². The number of rotatable bonds is 4. The van der Waals surface area contributed by atoms with Gasteiger partial charge in [-0.25, -0.2) is 0 Å². The summed E-state index contributed by atoms with van der Waals surface area (Å²) in [5.74, 6) is -0.513. The van der Waals surface area contributed by atoms with Gasteiger partial charge in [-0.15, -0.1) is 0 Å². The van der Waals surface area contributed by atoms with E-state index in [0.717, 1.165) is 10.5 Å². The number of alkyl halides is 3. The topological polar surface area (TPSA) is 58.4 Å². The average molecular weight is 275 g/mol. The third-order valence-electron chi connectivity index (χ3n) is 2.40. The molecule has 0 radical (unpaired) electrons. The SMILES string of the molecule is Cc1ccc(N)cc1NC(=O)CN(C)CC(F)(F)F. The molecule has 4 nitrogen and oxygen atoms in total. The Morgan fingerprint density at radius 1 is 1.42 bits per heavy atom. The van der Waals surface area contributed by atoms with Crippen LogP contribution >= 0.6 is 0 Å². The highest BCUT2D eigenvalue weighted by molar-refractivity contribution is 5.93. The maximum absolute atomic E-state index is 12.1. The number of likely N-dealkylation sites (N-methyl/N-ethyl adjacent to an activating group) is 1. The van der Waals surface area contributed by atoms with Gasteiger partial charge in [0.15, 0.2) is 0 Å². The largest absolute Gasteiger partial charge is 0.401 e. The van der Waals surface area contributed by atoms with E-state index in [1.54, 1.807) is 25.1 Å². The second kappa shape index (κ2) is 5.92. The van der Waals surface area contributed by atoms with Crippen molar-refractivity contribution < 1.29 is 18.0 Å². The number of amides is 1. The minimum absolute atomic E-state index is 0.340. The van der Waals surface area contributed by atoms with Gasteiger partial charge in [-0.1, -0.05) is 6.07 Å². The van der Waals surface area contributed by atoms with Gasteiger partial charge in [0.2, 0.25) is 5.91 Å². The minimum atomic E-state index is -4.32. The van der Waals surface area contributed by atoms with Crippen LogP contribution in [0.5, 0.6) is 0 Å². The molecule has 0 fully saturated rings. The summed E-state index contributed by atoms with van der Waals surface area (Å²) < 4.78 is 36.3. The molecule has 0 atom stereocenters. The summed E-state index contributed by atoms with van der Waals surface area (Å²) in [4.78, 5) is 12.5. The lowest BCUT2D eigenvalue weighted by molar-refractivity contribution is -0.145. The van der Waals surface area contributed by atoms with E-state index in [1.165, 1.54) is 7.05 Å². The van der Waals surface area contributed by atoms with Crippen LogP contribution in [0.15, 0.2) is 18.2 Å². The number of nitrogens with zero attached hydrogens (tertiary/aromatic N) is 1. The van der Waals surface area contributed by atoms with E-state index in [-0.39, 0.29) is 6.54 Å². The fourth-order valence-electron chi connectivity index (χ4n) is 1.57. The van der Waals surface area contributed by atoms with Crippen LogP contribution in [0.3, 0.4) is 0 Å². The third kappa shape index (κ3) is 5.60. The summed E-state index contributed by atoms with van der Waals surface area (Å²) in [6.45, 7) is 0.304. The summed E-state index contributed by atoms with van der Waals surface area (Å²) in [5.41, 5.74) is 7.35. The highest BCUT2D eigenvalue weighted by atomic mass is 19.4. The number of nitrogens with two attached hydrogens (primary N) is 1. The Morgan fingerprint density at radius 2 is 2.05 bits per heavy atom. The van der Waals surface area contributed by atoms with E-state index >= 15 is 0 Å². The Bertz CT molecular complexity index is 460. The van der Waals surface area contributed by atoms with Crippen LogP contribution < -0.4 is 11.1 Å². The second-order valence-corrected chi connectivity index (χ2v) is 4.41. The third-order valence-corrected chi connectivity index (χ3v) is 2.40. The molecule has 106 valence electrons. The van der Waals surface area contributed by atoms with Crippen molar-refractivity contribution in [3.05, 3.63) is 23.8 Å². The fourth-order valence-corrected chi connectivity index (χ4v) is 1.57. The maximum Gasteiger partial charge on any atom is 0.401 e.